The fraction of sp³-hybridized carbons (Fsp3) is 0.556. The molecule has 7 rings (SSSR count). The lowest BCUT2D eigenvalue weighted by atomic mass is 9.99. The Hall–Kier alpha value is -5.48. The topological polar surface area (TPSA) is 189 Å². The molecular formula is C45H60N8O8. The van der Waals surface area contributed by atoms with Gasteiger partial charge >= 0.3 is 12.2 Å². The van der Waals surface area contributed by atoms with Gasteiger partial charge in [-0.3, -0.25) is 14.6 Å². The van der Waals surface area contributed by atoms with Crippen LogP contribution in [0.5, 0.6) is 0 Å². The van der Waals surface area contributed by atoms with Crippen LogP contribution in [0.1, 0.15) is 90.7 Å². The van der Waals surface area contributed by atoms with E-state index >= 15 is 0 Å². The Labute approximate surface area is 357 Å². The maximum Gasteiger partial charge on any atom is 0.407 e. The average Bonchev–Trinajstić information content (AvgIpc) is 4.08. The first-order valence-electron chi connectivity index (χ1n) is 21.4. The molecule has 5 heterocycles. The zero-order valence-corrected chi connectivity index (χ0v) is 36.4. The number of amidine groups is 1. The van der Waals surface area contributed by atoms with Crippen molar-refractivity contribution in [2.75, 3.05) is 33.9 Å². The molecule has 0 aliphatic carbocycles. The first kappa shape index (κ1) is 43.6. The van der Waals surface area contributed by atoms with Crippen molar-refractivity contribution in [1.29, 1.82) is 0 Å². The Balaban J connectivity index is 1.02. The van der Waals surface area contributed by atoms with Crippen LogP contribution in [0.4, 0.5) is 9.59 Å². The van der Waals surface area contributed by atoms with Crippen LogP contribution >= 0.6 is 0 Å². The number of rotatable bonds is 11. The largest absolute Gasteiger partial charge is 0.453 e. The third kappa shape index (κ3) is 9.39. The van der Waals surface area contributed by atoms with Crippen LogP contribution in [0, 0.1) is 11.8 Å². The fourth-order valence-electron chi connectivity index (χ4n) is 9.13. The number of H-pyrrole nitrogens is 1. The lowest BCUT2D eigenvalue weighted by molar-refractivity contribution is -0.303. The molecule has 1 aromatic heterocycles. The SMILES string of the molecule is COC(=O)N[C@H](C(=O)N1CCCC1C1=NCC(c2ccc(-c3ccc(-c4cnc([C@@H]5CC6(CN5C(=O)[C@@H](NC(=O)OC)C(C)C)O[C@@H](C)C[C@H](C)O6)[nH]4)cc3)cc2)N1)C(C)C. The molecule has 2 aromatic carbocycles. The van der Waals surface area contributed by atoms with Crippen LogP contribution in [-0.4, -0.2) is 120 Å². The van der Waals surface area contributed by atoms with Gasteiger partial charge in [0.1, 0.15) is 23.7 Å². The summed E-state index contributed by atoms with van der Waals surface area (Å²) in [7, 11) is 2.57. The monoisotopic (exact) mass is 840 g/mol. The van der Waals surface area contributed by atoms with Gasteiger partial charge in [0.15, 0.2) is 5.79 Å². The van der Waals surface area contributed by atoms with E-state index in [9.17, 15) is 19.2 Å². The summed E-state index contributed by atoms with van der Waals surface area (Å²) in [6, 6.07) is 14.5. The van der Waals surface area contributed by atoms with Crippen LogP contribution in [0.25, 0.3) is 22.4 Å². The number of aromatic amines is 1. The Kier molecular flexibility index (Phi) is 13.0. The van der Waals surface area contributed by atoms with E-state index < -0.39 is 36.1 Å². The van der Waals surface area contributed by atoms with Crippen molar-refractivity contribution < 1.29 is 38.1 Å². The number of nitrogens with one attached hydrogen (secondary N) is 4. The zero-order chi connectivity index (χ0) is 43.6. The van der Waals surface area contributed by atoms with Crippen LogP contribution in [0.15, 0.2) is 59.7 Å². The van der Waals surface area contributed by atoms with Crippen molar-refractivity contribution in [2.45, 2.75) is 115 Å². The highest BCUT2D eigenvalue weighted by Crippen LogP contribution is 2.44. The second-order valence-electron chi connectivity index (χ2n) is 17.4. The highest BCUT2D eigenvalue weighted by Gasteiger charge is 2.54. The lowest BCUT2D eigenvalue weighted by Gasteiger charge is -2.40. The molecule has 61 heavy (non-hydrogen) atoms. The molecule has 7 atom stereocenters. The van der Waals surface area contributed by atoms with E-state index in [4.69, 9.17) is 28.9 Å². The predicted octanol–water partition coefficient (Wildman–Crippen LogP) is 5.72. The maximum absolute atomic E-state index is 14.2. The first-order chi connectivity index (χ1) is 29.2. The Morgan fingerprint density at radius 3 is 1.93 bits per heavy atom. The number of alkyl carbamates (subject to hydrolysis) is 2. The molecule has 0 saturated carbocycles. The van der Waals surface area contributed by atoms with Crippen LogP contribution in [0.3, 0.4) is 0 Å². The van der Waals surface area contributed by atoms with E-state index in [-0.39, 0.29) is 54.5 Å². The molecule has 4 aliphatic rings. The summed E-state index contributed by atoms with van der Waals surface area (Å²) in [5.74, 6) is -0.279. The minimum atomic E-state index is -1.00. The van der Waals surface area contributed by atoms with Crippen molar-refractivity contribution in [2.24, 2.45) is 16.8 Å². The van der Waals surface area contributed by atoms with Crippen molar-refractivity contribution in [1.82, 2.24) is 35.7 Å². The van der Waals surface area contributed by atoms with Crippen molar-refractivity contribution in [3.8, 4) is 22.4 Å². The molecule has 3 fully saturated rings. The standard InChI is InChI=1S/C45H60N8O8/c1-25(2)37(50-43(56)58-7)41(54)52-19-9-10-35(52)39-46-22-33(48-39)31-15-11-29(12-16-31)30-13-17-32(18-14-30)34-23-47-40(49-34)36-21-45(60-27(5)20-28(6)61-45)24-53(36)42(55)38(26(3)4)51-44(57)59-8/h11-18,23,25-28,33,35-38H,9-10,19-22,24H2,1-8H3,(H,46,48)(H,47,49)(H,50,56)(H,51,57)/t27-,28-,33?,35?,36-,37-,38-/m0/s1. The highest BCUT2D eigenvalue weighted by molar-refractivity contribution is 5.95. The average molecular weight is 841 g/mol. The van der Waals surface area contributed by atoms with E-state index in [0.717, 1.165) is 53.0 Å². The molecule has 4 amide bonds. The summed E-state index contributed by atoms with van der Waals surface area (Å²) in [6.07, 6.45) is 3.19. The quantitative estimate of drug-likeness (QED) is 0.186. The minimum absolute atomic E-state index is 0.0167. The second kappa shape index (κ2) is 18.2. The number of hydrogen-bond acceptors (Lipinski definition) is 11. The molecule has 16 nitrogen and oxygen atoms in total. The number of nitrogens with zero attached hydrogens (tertiary/aromatic N) is 4. The number of likely N-dealkylation sites (tertiary alicyclic amines) is 2. The second-order valence-corrected chi connectivity index (χ2v) is 17.4. The number of imidazole rings is 1. The normalized spacial score (nSPS) is 25.9. The van der Waals surface area contributed by atoms with Gasteiger partial charge in [-0.05, 0) is 67.2 Å². The number of amides is 4. The molecule has 1 spiro atoms. The van der Waals surface area contributed by atoms with Gasteiger partial charge in [0.2, 0.25) is 11.8 Å². The highest BCUT2D eigenvalue weighted by atomic mass is 16.7. The number of ether oxygens (including phenoxy) is 4. The van der Waals surface area contributed by atoms with E-state index in [1.54, 1.807) is 11.1 Å². The number of aliphatic imine (C=N–C) groups is 1. The van der Waals surface area contributed by atoms with Gasteiger partial charge in [-0.15, -0.1) is 0 Å². The third-order valence-electron chi connectivity index (χ3n) is 12.2. The molecule has 2 unspecified atom stereocenters. The molecule has 4 aliphatic heterocycles. The fourth-order valence-corrected chi connectivity index (χ4v) is 9.13. The lowest BCUT2D eigenvalue weighted by Crippen LogP contribution is -2.54. The summed E-state index contributed by atoms with van der Waals surface area (Å²) < 4.78 is 22.5. The van der Waals surface area contributed by atoms with Crippen LogP contribution < -0.4 is 16.0 Å². The molecule has 3 aromatic rings. The van der Waals surface area contributed by atoms with Crippen LogP contribution in [0.2, 0.25) is 0 Å². The van der Waals surface area contributed by atoms with E-state index in [0.29, 0.717) is 25.3 Å². The third-order valence-corrected chi connectivity index (χ3v) is 12.2. The number of aromatic nitrogens is 2. The Morgan fingerprint density at radius 1 is 0.803 bits per heavy atom. The molecule has 328 valence electrons. The first-order valence-corrected chi connectivity index (χ1v) is 21.4. The zero-order valence-electron chi connectivity index (χ0n) is 36.4. The molecule has 0 bridgehead atoms. The number of carbonyl (C=O) groups excluding carboxylic acids is 4. The summed E-state index contributed by atoms with van der Waals surface area (Å²) in [5, 5.41) is 9.02. The number of carbonyl (C=O) groups is 4. The Bertz CT molecular complexity index is 2080. The predicted molar refractivity (Wildman–Crippen MR) is 228 cm³/mol. The van der Waals surface area contributed by atoms with E-state index in [1.807, 2.05) is 58.6 Å². The molecule has 4 N–H and O–H groups in total. The van der Waals surface area contributed by atoms with E-state index in [2.05, 4.69) is 57.3 Å². The van der Waals surface area contributed by atoms with Gasteiger partial charge in [0.25, 0.3) is 0 Å². The summed E-state index contributed by atoms with van der Waals surface area (Å²) in [5.41, 5.74) is 4.95. The van der Waals surface area contributed by atoms with Gasteiger partial charge in [-0.1, -0.05) is 76.2 Å². The van der Waals surface area contributed by atoms with Gasteiger partial charge in [0, 0.05) is 13.0 Å². The van der Waals surface area contributed by atoms with Gasteiger partial charge < -0.3 is 49.7 Å². The molecular weight excluding hydrogens is 781 g/mol. The number of hydrogen-bond donors (Lipinski definition) is 4. The van der Waals surface area contributed by atoms with E-state index in [1.165, 1.54) is 14.2 Å². The van der Waals surface area contributed by atoms with Crippen molar-refractivity contribution in [3.05, 3.63) is 66.1 Å². The Morgan fingerprint density at radius 2 is 1.36 bits per heavy atom. The smallest absolute Gasteiger partial charge is 0.407 e. The maximum atomic E-state index is 14.2. The van der Waals surface area contributed by atoms with Gasteiger partial charge in [0.05, 0.1) is 69.5 Å². The van der Waals surface area contributed by atoms with Crippen molar-refractivity contribution in [3.63, 3.8) is 0 Å². The van der Waals surface area contributed by atoms with Crippen molar-refractivity contribution >= 4 is 29.8 Å². The van der Waals surface area contributed by atoms with Gasteiger partial charge in [-0.25, -0.2) is 14.6 Å². The van der Waals surface area contributed by atoms with Gasteiger partial charge in [-0.2, -0.15) is 0 Å². The molecule has 16 heteroatoms. The van der Waals surface area contributed by atoms with Crippen LogP contribution in [-0.2, 0) is 28.5 Å². The molecule has 3 saturated heterocycles. The summed E-state index contributed by atoms with van der Waals surface area (Å²) in [4.78, 5) is 68.7. The minimum Gasteiger partial charge on any atom is -0.453 e. The molecule has 0 radical (unpaired) electrons. The summed E-state index contributed by atoms with van der Waals surface area (Å²) >= 11 is 0. The number of methoxy groups -OCH3 is 2. The number of benzene rings is 2. The summed E-state index contributed by atoms with van der Waals surface area (Å²) in [6.45, 7) is 13.0.